The predicted octanol–water partition coefficient (Wildman–Crippen LogP) is 1.41. The summed E-state index contributed by atoms with van der Waals surface area (Å²) in [6, 6.07) is 18.9. The van der Waals surface area contributed by atoms with E-state index in [4.69, 9.17) is 22.9 Å². The van der Waals surface area contributed by atoms with E-state index in [2.05, 4.69) is 15.4 Å². The highest BCUT2D eigenvalue weighted by Gasteiger charge is 2.16. The molecule has 0 amide bonds. The maximum Gasteiger partial charge on any atom is 0.180 e. The summed E-state index contributed by atoms with van der Waals surface area (Å²) in [7, 11) is 0. The van der Waals surface area contributed by atoms with Gasteiger partial charge in [-0.05, 0) is 48.0 Å². The molecule has 0 spiro atoms. The van der Waals surface area contributed by atoms with Crippen molar-refractivity contribution in [2.24, 2.45) is 17.2 Å². The average Bonchev–Trinajstić information content (AvgIpc) is 3.05. The molecule has 28 heavy (non-hydrogen) atoms. The summed E-state index contributed by atoms with van der Waals surface area (Å²) >= 11 is 0. The van der Waals surface area contributed by atoms with Crippen LogP contribution in [0.2, 0.25) is 0 Å². The van der Waals surface area contributed by atoms with Crippen molar-refractivity contribution in [1.82, 2.24) is 14.6 Å². The highest BCUT2D eigenvalue weighted by atomic mass is 15.4. The number of fused-ring (bicyclic) bond motifs is 1. The van der Waals surface area contributed by atoms with Crippen LogP contribution < -0.4 is 28.4 Å². The van der Waals surface area contributed by atoms with Crippen molar-refractivity contribution in [2.75, 3.05) is 11.2 Å². The van der Waals surface area contributed by atoms with E-state index in [1.54, 1.807) is 12.3 Å². The van der Waals surface area contributed by atoms with Crippen LogP contribution in [0, 0.1) is 0 Å². The molecule has 2 aromatic heterocycles. The van der Waals surface area contributed by atoms with Gasteiger partial charge in [-0.1, -0.05) is 18.2 Å². The van der Waals surface area contributed by atoms with E-state index in [1.165, 1.54) is 0 Å². The quantitative estimate of drug-likeness (QED) is 0.262. The number of hydrogen-bond donors (Lipinski definition) is 5. The predicted molar refractivity (Wildman–Crippen MR) is 111 cm³/mol. The van der Waals surface area contributed by atoms with Gasteiger partial charge in [-0.3, -0.25) is 17.2 Å². The Bertz CT molecular complexity index is 1110. The molecule has 2 aromatic carbocycles. The molecule has 0 radical (unpaired) electrons. The smallest absolute Gasteiger partial charge is 0.180 e. The van der Waals surface area contributed by atoms with Crippen LogP contribution in [0.4, 0.5) is 5.69 Å². The van der Waals surface area contributed by atoms with Crippen molar-refractivity contribution in [2.45, 2.75) is 12.3 Å². The number of aromatic nitrogens is 3. The van der Waals surface area contributed by atoms with Gasteiger partial charge in [-0.2, -0.15) is 0 Å². The van der Waals surface area contributed by atoms with Gasteiger partial charge in [0.15, 0.2) is 11.5 Å². The first-order valence-corrected chi connectivity index (χ1v) is 8.81. The van der Waals surface area contributed by atoms with Crippen molar-refractivity contribution in [3.8, 4) is 11.4 Å². The minimum Gasteiger partial charge on any atom is -0.399 e. The van der Waals surface area contributed by atoms with Gasteiger partial charge in [-0.25, -0.2) is 14.6 Å². The molecule has 0 unspecified atom stereocenters. The summed E-state index contributed by atoms with van der Waals surface area (Å²) in [4.78, 5) is 9.03. The van der Waals surface area contributed by atoms with E-state index >= 15 is 0 Å². The van der Waals surface area contributed by atoms with Gasteiger partial charge >= 0.3 is 0 Å². The molecule has 0 aliphatic rings. The summed E-state index contributed by atoms with van der Waals surface area (Å²) in [5.74, 6) is -0.632. The maximum atomic E-state index is 5.82. The lowest BCUT2D eigenvalue weighted by Crippen LogP contribution is -2.54. The van der Waals surface area contributed by atoms with Crippen molar-refractivity contribution < 1.29 is 0 Å². The molecule has 0 fully saturated rings. The van der Waals surface area contributed by atoms with Gasteiger partial charge in [0.05, 0.1) is 6.54 Å². The number of nitrogens with zero attached hydrogens (tertiary/aromatic N) is 3. The van der Waals surface area contributed by atoms with Crippen LogP contribution in [0.25, 0.3) is 22.6 Å². The molecule has 0 bridgehead atoms. The van der Waals surface area contributed by atoms with Crippen molar-refractivity contribution in [3.05, 3.63) is 78.0 Å². The Hall–Kier alpha value is -3.46. The third kappa shape index (κ3) is 3.52. The third-order valence-electron chi connectivity index (χ3n) is 4.47. The Morgan fingerprint density at radius 2 is 1.75 bits per heavy atom. The lowest BCUT2D eigenvalue weighted by molar-refractivity contribution is 0.488. The summed E-state index contributed by atoms with van der Waals surface area (Å²) in [5, 5.41) is 0. The normalized spacial score (nSPS) is 11.7. The SMILES string of the molecule is Nc1ccc(-c2nc3ncccc3n2NCc2cccc(C(N)(N)N)c2)cc1. The van der Waals surface area contributed by atoms with Crippen LogP contribution in [0.15, 0.2) is 66.9 Å². The molecule has 2 heterocycles. The van der Waals surface area contributed by atoms with Crippen molar-refractivity contribution in [1.29, 1.82) is 0 Å². The zero-order chi connectivity index (χ0) is 19.7. The Morgan fingerprint density at radius 3 is 2.50 bits per heavy atom. The van der Waals surface area contributed by atoms with Gasteiger partial charge in [0.1, 0.15) is 11.3 Å². The second-order valence-corrected chi connectivity index (χ2v) is 6.71. The standard InChI is InChI=1S/C20H22N8/c21-16-8-6-14(7-9-16)19-27-18-17(5-2-10-25-18)28(19)26-12-13-3-1-4-15(11-13)20(22,23)24/h1-11,26H,12,21-24H2. The Morgan fingerprint density at radius 1 is 0.964 bits per heavy atom. The Balaban J connectivity index is 1.70. The van der Waals surface area contributed by atoms with Crippen LogP contribution in [0.1, 0.15) is 11.1 Å². The fourth-order valence-corrected chi connectivity index (χ4v) is 3.02. The molecule has 8 heteroatoms. The number of nitrogens with one attached hydrogen (secondary N) is 1. The molecule has 9 N–H and O–H groups in total. The van der Waals surface area contributed by atoms with Crippen LogP contribution in [0.3, 0.4) is 0 Å². The Labute approximate surface area is 162 Å². The fraction of sp³-hybridized carbons (Fsp3) is 0.100. The number of pyridine rings is 1. The first-order chi connectivity index (χ1) is 13.4. The highest BCUT2D eigenvalue weighted by Crippen LogP contribution is 2.23. The van der Waals surface area contributed by atoms with Gasteiger partial charge in [-0.15, -0.1) is 0 Å². The summed E-state index contributed by atoms with van der Waals surface area (Å²) in [5.41, 5.74) is 31.4. The maximum absolute atomic E-state index is 5.82. The lowest BCUT2D eigenvalue weighted by atomic mass is 10.1. The van der Waals surface area contributed by atoms with Gasteiger partial charge in [0.2, 0.25) is 0 Å². The molecule has 0 saturated heterocycles. The summed E-state index contributed by atoms with van der Waals surface area (Å²) in [6.45, 7) is 0.520. The second kappa shape index (κ2) is 6.93. The second-order valence-electron chi connectivity index (χ2n) is 6.71. The van der Waals surface area contributed by atoms with E-state index in [-0.39, 0.29) is 0 Å². The molecular weight excluding hydrogens is 352 g/mol. The molecular formula is C20H22N8. The molecule has 0 aliphatic heterocycles. The molecule has 0 aliphatic carbocycles. The molecule has 0 atom stereocenters. The monoisotopic (exact) mass is 374 g/mol. The molecule has 8 nitrogen and oxygen atoms in total. The van der Waals surface area contributed by atoms with Crippen molar-refractivity contribution in [3.63, 3.8) is 0 Å². The van der Waals surface area contributed by atoms with Crippen LogP contribution >= 0.6 is 0 Å². The fourth-order valence-electron chi connectivity index (χ4n) is 3.02. The van der Waals surface area contributed by atoms with Crippen LogP contribution in [-0.2, 0) is 12.3 Å². The van der Waals surface area contributed by atoms with Crippen LogP contribution in [0.5, 0.6) is 0 Å². The number of hydrogen-bond acceptors (Lipinski definition) is 7. The summed E-state index contributed by atoms with van der Waals surface area (Å²) in [6.07, 6.45) is 1.72. The van der Waals surface area contributed by atoms with E-state index < -0.39 is 5.79 Å². The average molecular weight is 374 g/mol. The minimum atomic E-state index is -1.38. The van der Waals surface area contributed by atoms with Gasteiger partial charge in [0.25, 0.3) is 0 Å². The first kappa shape index (κ1) is 17.9. The summed E-state index contributed by atoms with van der Waals surface area (Å²) < 4.78 is 1.92. The van der Waals surface area contributed by atoms with Gasteiger partial charge in [0, 0.05) is 23.0 Å². The van der Waals surface area contributed by atoms with E-state index in [0.29, 0.717) is 23.4 Å². The van der Waals surface area contributed by atoms with E-state index in [0.717, 1.165) is 22.5 Å². The number of rotatable bonds is 5. The molecule has 142 valence electrons. The zero-order valence-corrected chi connectivity index (χ0v) is 15.2. The molecule has 4 rings (SSSR count). The number of benzene rings is 2. The van der Waals surface area contributed by atoms with Gasteiger partial charge < -0.3 is 11.2 Å². The van der Waals surface area contributed by atoms with E-state index in [1.807, 2.05) is 59.3 Å². The topological polar surface area (TPSA) is 147 Å². The van der Waals surface area contributed by atoms with E-state index in [9.17, 15) is 0 Å². The number of imidazole rings is 1. The largest absolute Gasteiger partial charge is 0.399 e. The highest BCUT2D eigenvalue weighted by molar-refractivity contribution is 5.77. The number of nitrogens with two attached hydrogens (primary N) is 4. The third-order valence-corrected chi connectivity index (χ3v) is 4.47. The Kier molecular flexibility index (Phi) is 4.44. The number of anilines is 1. The van der Waals surface area contributed by atoms with Crippen LogP contribution in [-0.4, -0.2) is 14.6 Å². The lowest BCUT2D eigenvalue weighted by Gasteiger charge is -2.20. The first-order valence-electron chi connectivity index (χ1n) is 8.81. The van der Waals surface area contributed by atoms with Crippen molar-refractivity contribution >= 4 is 16.9 Å². The molecule has 4 aromatic rings. The number of nitrogen functional groups attached to an aromatic ring is 1. The molecule has 0 saturated carbocycles. The minimum absolute atomic E-state index is 0.520. The zero-order valence-electron chi connectivity index (χ0n) is 15.2.